The third-order valence-corrected chi connectivity index (χ3v) is 2.94. The molecule has 11 heteroatoms. The van der Waals surface area contributed by atoms with Crippen LogP contribution >= 0.6 is 0 Å². The van der Waals surface area contributed by atoms with Crippen LogP contribution in [0, 0.1) is 0 Å². The molecule has 28 heavy (non-hydrogen) atoms. The van der Waals surface area contributed by atoms with Crippen molar-refractivity contribution in [3.05, 3.63) is 0 Å². The number of rotatable bonds is 14. The molecular formula is C17H28O11. The summed E-state index contributed by atoms with van der Waals surface area (Å²) < 4.78 is 30.4. The van der Waals surface area contributed by atoms with Gasteiger partial charge in [-0.05, 0) is 0 Å². The molecule has 0 aliphatic carbocycles. The molecule has 0 spiro atoms. The molecule has 11 nitrogen and oxygen atoms in total. The van der Waals surface area contributed by atoms with Gasteiger partial charge in [0.2, 0.25) is 0 Å². The van der Waals surface area contributed by atoms with Crippen LogP contribution in [-0.4, -0.2) is 86.9 Å². The topological polar surface area (TPSA) is 144 Å². The monoisotopic (exact) mass is 408 g/mol. The molecule has 0 saturated carbocycles. The van der Waals surface area contributed by atoms with Gasteiger partial charge >= 0.3 is 23.9 Å². The largest absolute Gasteiger partial charge is 0.463 e. The Kier molecular flexibility index (Phi) is 13.6. The van der Waals surface area contributed by atoms with Crippen molar-refractivity contribution in [1.82, 2.24) is 0 Å². The summed E-state index contributed by atoms with van der Waals surface area (Å²) in [4.78, 5) is 44.0. The Hall–Kier alpha value is -2.24. The number of aliphatic hydroxyl groups excluding tert-OH is 1. The first-order valence-electron chi connectivity index (χ1n) is 8.55. The summed E-state index contributed by atoms with van der Waals surface area (Å²) in [7, 11) is 0. The number of carbonyl (C=O) groups excluding carboxylic acids is 4. The Bertz CT molecular complexity index is 505. The standard InChI is InChI=1S/C17H28O11/c1-11(19)24-8-16(7-23-6-15(5-18)27-13(3)21)26-10-17(28-14(4)22)9-25-12(2)20/h15-18H,5-10H2,1-4H3. The minimum atomic E-state index is -0.854. The number of aliphatic hydroxyl groups is 1. The van der Waals surface area contributed by atoms with Crippen molar-refractivity contribution in [3.8, 4) is 0 Å². The van der Waals surface area contributed by atoms with Crippen LogP contribution in [0.5, 0.6) is 0 Å². The van der Waals surface area contributed by atoms with Crippen LogP contribution in [0.2, 0.25) is 0 Å². The Morgan fingerprint density at radius 2 is 1.11 bits per heavy atom. The average molecular weight is 408 g/mol. The summed E-state index contributed by atoms with van der Waals surface area (Å²) in [6.45, 7) is 3.76. The Morgan fingerprint density at radius 1 is 0.643 bits per heavy atom. The highest BCUT2D eigenvalue weighted by atomic mass is 16.6. The third-order valence-electron chi connectivity index (χ3n) is 2.94. The predicted molar refractivity (Wildman–Crippen MR) is 92.0 cm³/mol. The number of hydrogen-bond donors (Lipinski definition) is 1. The van der Waals surface area contributed by atoms with Gasteiger partial charge in [-0.2, -0.15) is 0 Å². The Labute approximate surface area is 163 Å². The first-order chi connectivity index (χ1) is 13.1. The van der Waals surface area contributed by atoms with Crippen molar-refractivity contribution >= 4 is 23.9 Å². The molecule has 0 amide bonds. The van der Waals surface area contributed by atoms with Gasteiger partial charge in [0.15, 0.2) is 6.10 Å². The second-order valence-electron chi connectivity index (χ2n) is 5.74. The minimum Gasteiger partial charge on any atom is -0.463 e. The highest BCUT2D eigenvalue weighted by Gasteiger charge is 2.20. The van der Waals surface area contributed by atoms with Gasteiger partial charge in [0, 0.05) is 27.7 Å². The minimum absolute atomic E-state index is 0.0641. The summed E-state index contributed by atoms with van der Waals surface area (Å²) in [6, 6.07) is 0. The van der Waals surface area contributed by atoms with Crippen LogP contribution < -0.4 is 0 Å². The molecule has 0 aromatic carbocycles. The van der Waals surface area contributed by atoms with E-state index in [2.05, 4.69) is 0 Å². The molecule has 0 aliphatic rings. The number of ether oxygens (including phenoxy) is 6. The van der Waals surface area contributed by atoms with Gasteiger partial charge in [0.25, 0.3) is 0 Å². The van der Waals surface area contributed by atoms with Crippen molar-refractivity contribution in [2.45, 2.75) is 46.0 Å². The van der Waals surface area contributed by atoms with Gasteiger partial charge in [-0.1, -0.05) is 0 Å². The van der Waals surface area contributed by atoms with Gasteiger partial charge < -0.3 is 33.5 Å². The van der Waals surface area contributed by atoms with Crippen molar-refractivity contribution in [3.63, 3.8) is 0 Å². The lowest BCUT2D eigenvalue weighted by Crippen LogP contribution is -2.35. The van der Waals surface area contributed by atoms with Crippen LogP contribution in [0.3, 0.4) is 0 Å². The number of hydrogen-bond acceptors (Lipinski definition) is 11. The zero-order valence-electron chi connectivity index (χ0n) is 16.5. The maximum absolute atomic E-state index is 11.1. The Morgan fingerprint density at radius 3 is 1.57 bits per heavy atom. The SMILES string of the molecule is CC(=O)OCC(COCC(CO)OC(C)=O)OCC(COC(C)=O)OC(C)=O. The maximum atomic E-state index is 11.1. The van der Waals surface area contributed by atoms with E-state index in [0.29, 0.717) is 0 Å². The fourth-order valence-corrected chi connectivity index (χ4v) is 1.85. The molecule has 0 rings (SSSR count). The average Bonchev–Trinajstić information content (AvgIpc) is 2.58. The summed E-state index contributed by atoms with van der Waals surface area (Å²) in [5, 5.41) is 9.13. The summed E-state index contributed by atoms with van der Waals surface area (Å²) >= 11 is 0. The summed E-state index contributed by atoms with van der Waals surface area (Å²) in [5.41, 5.74) is 0. The van der Waals surface area contributed by atoms with Gasteiger partial charge in [-0.3, -0.25) is 19.2 Å². The smallest absolute Gasteiger partial charge is 0.303 e. The first-order valence-corrected chi connectivity index (χ1v) is 8.55. The van der Waals surface area contributed by atoms with Gasteiger partial charge in [-0.25, -0.2) is 0 Å². The molecule has 0 fully saturated rings. The van der Waals surface area contributed by atoms with Crippen molar-refractivity contribution in [2.24, 2.45) is 0 Å². The van der Waals surface area contributed by atoms with E-state index in [-0.39, 0.29) is 33.0 Å². The zero-order chi connectivity index (χ0) is 21.5. The molecule has 0 heterocycles. The quantitative estimate of drug-likeness (QED) is 0.290. The lowest BCUT2D eigenvalue weighted by molar-refractivity contribution is -0.166. The van der Waals surface area contributed by atoms with Crippen LogP contribution in [0.15, 0.2) is 0 Å². The zero-order valence-corrected chi connectivity index (χ0v) is 16.5. The van der Waals surface area contributed by atoms with E-state index in [1.807, 2.05) is 0 Å². The van der Waals surface area contributed by atoms with E-state index < -0.39 is 48.8 Å². The molecular weight excluding hydrogens is 380 g/mol. The molecule has 1 N–H and O–H groups in total. The summed E-state index contributed by atoms with van der Waals surface area (Å²) in [5.74, 6) is -2.22. The van der Waals surface area contributed by atoms with E-state index in [4.69, 9.17) is 33.5 Å². The molecule has 162 valence electrons. The van der Waals surface area contributed by atoms with Gasteiger partial charge in [0.1, 0.15) is 25.4 Å². The third kappa shape index (κ3) is 14.9. The Balaban J connectivity index is 4.64. The molecule has 0 radical (unpaired) electrons. The van der Waals surface area contributed by atoms with E-state index in [9.17, 15) is 19.2 Å². The number of esters is 4. The van der Waals surface area contributed by atoms with E-state index >= 15 is 0 Å². The molecule has 3 unspecified atom stereocenters. The first kappa shape index (κ1) is 25.8. The highest BCUT2D eigenvalue weighted by Crippen LogP contribution is 2.04. The second-order valence-corrected chi connectivity index (χ2v) is 5.74. The predicted octanol–water partition coefficient (Wildman–Crippen LogP) is -0.630. The van der Waals surface area contributed by atoms with E-state index in [1.54, 1.807) is 0 Å². The molecule has 0 aromatic heterocycles. The van der Waals surface area contributed by atoms with Crippen LogP contribution in [0.25, 0.3) is 0 Å². The lowest BCUT2D eigenvalue weighted by atomic mass is 10.3. The molecule has 0 aliphatic heterocycles. The fraction of sp³-hybridized carbons (Fsp3) is 0.765. The maximum Gasteiger partial charge on any atom is 0.303 e. The van der Waals surface area contributed by atoms with Crippen molar-refractivity contribution in [1.29, 1.82) is 0 Å². The van der Waals surface area contributed by atoms with Crippen LogP contribution in [-0.2, 0) is 47.6 Å². The van der Waals surface area contributed by atoms with E-state index in [1.165, 1.54) is 27.7 Å². The molecule has 0 bridgehead atoms. The highest BCUT2D eigenvalue weighted by molar-refractivity contribution is 5.67. The molecule has 3 atom stereocenters. The van der Waals surface area contributed by atoms with Crippen LogP contribution in [0.4, 0.5) is 0 Å². The van der Waals surface area contributed by atoms with E-state index in [0.717, 1.165) is 0 Å². The molecule has 0 saturated heterocycles. The fourth-order valence-electron chi connectivity index (χ4n) is 1.85. The van der Waals surface area contributed by atoms with Gasteiger partial charge in [0.05, 0.1) is 26.4 Å². The normalized spacial score (nSPS) is 13.8. The van der Waals surface area contributed by atoms with Gasteiger partial charge in [-0.15, -0.1) is 0 Å². The lowest BCUT2D eigenvalue weighted by Gasteiger charge is -2.23. The molecule has 0 aromatic rings. The van der Waals surface area contributed by atoms with Crippen molar-refractivity contribution in [2.75, 3.05) is 39.6 Å². The number of carbonyl (C=O) groups is 4. The van der Waals surface area contributed by atoms with Crippen molar-refractivity contribution < 1.29 is 52.7 Å². The summed E-state index contributed by atoms with van der Waals surface area (Å²) in [6.07, 6.45) is -2.44. The van der Waals surface area contributed by atoms with Crippen LogP contribution in [0.1, 0.15) is 27.7 Å². The second kappa shape index (κ2) is 14.8.